The molecule has 0 fully saturated rings. The van der Waals surface area contributed by atoms with Crippen LogP contribution in [0.4, 0.5) is 0 Å². The topological polar surface area (TPSA) is 78.0 Å². The molecule has 1 atom stereocenters. The minimum absolute atomic E-state index is 0.107. The molecule has 0 aliphatic carbocycles. The van der Waals surface area contributed by atoms with Crippen LogP contribution in [0.25, 0.3) is 33.1 Å². The molecule has 32 heavy (non-hydrogen) atoms. The molecule has 0 aliphatic rings. The molecule has 0 unspecified atom stereocenters. The highest BCUT2D eigenvalue weighted by Gasteiger charge is 2.18. The molecule has 0 bridgehead atoms. The van der Waals surface area contributed by atoms with Crippen molar-refractivity contribution in [3.05, 3.63) is 102 Å². The smallest absolute Gasteiger partial charge is 0.270 e. The van der Waals surface area contributed by atoms with E-state index in [9.17, 15) is 9.90 Å². The number of carbonyl (C=O) groups excluding carboxylic acids is 1. The van der Waals surface area contributed by atoms with Gasteiger partial charge in [-0.3, -0.25) is 4.79 Å². The maximum absolute atomic E-state index is 13.1. The fourth-order valence-corrected chi connectivity index (χ4v) is 4.07. The SMILES string of the molecule is Cc1ccccc1-c1nc(C(=O)NC[C@H](O)c2ccccc2)cc2c1[nH]c1ccccc12. The Bertz CT molecular complexity index is 1420. The first kappa shape index (κ1) is 20.0. The van der Waals surface area contributed by atoms with Gasteiger partial charge in [0, 0.05) is 28.4 Å². The van der Waals surface area contributed by atoms with E-state index < -0.39 is 6.10 Å². The summed E-state index contributed by atoms with van der Waals surface area (Å²) in [7, 11) is 0. The van der Waals surface area contributed by atoms with Crippen LogP contribution in [0.3, 0.4) is 0 Å². The Morgan fingerprint density at radius 2 is 1.69 bits per heavy atom. The molecule has 5 heteroatoms. The first-order valence-corrected chi connectivity index (χ1v) is 10.6. The molecule has 158 valence electrons. The Balaban J connectivity index is 1.56. The normalized spacial score (nSPS) is 12.2. The van der Waals surface area contributed by atoms with Gasteiger partial charge in [-0.2, -0.15) is 0 Å². The number of hydrogen-bond donors (Lipinski definition) is 3. The number of fused-ring (bicyclic) bond motifs is 3. The standard InChI is InChI=1S/C27H23N3O2/c1-17-9-5-6-12-19(17)25-26-21(20-13-7-8-14-22(20)29-26)15-23(30-25)27(32)28-16-24(31)18-10-3-2-4-11-18/h2-15,24,29,31H,16H2,1H3,(H,28,32)/t24-/m0/s1. The summed E-state index contributed by atoms with van der Waals surface area (Å²) in [6.45, 7) is 2.14. The van der Waals surface area contributed by atoms with Crippen LogP contribution in [0.1, 0.15) is 27.7 Å². The number of H-pyrrole nitrogens is 1. The van der Waals surface area contributed by atoms with Crippen molar-refractivity contribution in [2.24, 2.45) is 0 Å². The van der Waals surface area contributed by atoms with E-state index >= 15 is 0 Å². The molecule has 3 aromatic carbocycles. The molecule has 0 radical (unpaired) electrons. The van der Waals surface area contributed by atoms with E-state index in [0.29, 0.717) is 5.69 Å². The highest BCUT2D eigenvalue weighted by Crippen LogP contribution is 2.33. The third-order valence-corrected chi connectivity index (χ3v) is 5.77. The maximum atomic E-state index is 13.1. The van der Waals surface area contributed by atoms with Crippen LogP contribution < -0.4 is 5.32 Å². The van der Waals surface area contributed by atoms with Gasteiger partial charge in [0.25, 0.3) is 5.91 Å². The van der Waals surface area contributed by atoms with E-state index in [0.717, 1.165) is 44.2 Å². The summed E-state index contributed by atoms with van der Waals surface area (Å²) in [6, 6.07) is 27.2. The largest absolute Gasteiger partial charge is 0.387 e. The fourth-order valence-electron chi connectivity index (χ4n) is 4.07. The minimum Gasteiger partial charge on any atom is -0.387 e. The van der Waals surface area contributed by atoms with Crippen LogP contribution in [0, 0.1) is 6.92 Å². The van der Waals surface area contributed by atoms with E-state index in [1.54, 1.807) is 0 Å². The molecular formula is C27H23N3O2. The molecule has 3 N–H and O–H groups in total. The lowest BCUT2D eigenvalue weighted by molar-refractivity contribution is 0.0911. The Morgan fingerprint density at radius 3 is 2.50 bits per heavy atom. The van der Waals surface area contributed by atoms with Gasteiger partial charge in [-0.1, -0.05) is 72.8 Å². The number of aromatic nitrogens is 2. The summed E-state index contributed by atoms with van der Waals surface area (Å²) in [6.07, 6.45) is -0.784. The van der Waals surface area contributed by atoms with Crippen LogP contribution in [0.5, 0.6) is 0 Å². The summed E-state index contributed by atoms with van der Waals surface area (Å²) in [4.78, 5) is 21.3. The molecule has 5 aromatic rings. The molecule has 0 saturated carbocycles. The number of carbonyl (C=O) groups is 1. The average Bonchev–Trinajstić information content (AvgIpc) is 3.21. The van der Waals surface area contributed by atoms with Gasteiger partial charge in [-0.05, 0) is 30.2 Å². The molecule has 0 saturated heterocycles. The van der Waals surface area contributed by atoms with E-state index in [1.807, 2.05) is 91.9 Å². The zero-order chi connectivity index (χ0) is 22.1. The lowest BCUT2D eigenvalue weighted by Crippen LogP contribution is -2.29. The van der Waals surface area contributed by atoms with E-state index in [2.05, 4.69) is 10.3 Å². The summed E-state index contributed by atoms with van der Waals surface area (Å²) in [5.41, 5.74) is 5.78. The van der Waals surface area contributed by atoms with Gasteiger partial charge in [0.15, 0.2) is 0 Å². The van der Waals surface area contributed by atoms with E-state index in [-0.39, 0.29) is 12.5 Å². The predicted molar refractivity (Wildman–Crippen MR) is 128 cm³/mol. The molecule has 1 amide bonds. The maximum Gasteiger partial charge on any atom is 0.270 e. The average molecular weight is 422 g/mol. The van der Waals surface area contributed by atoms with Crippen LogP contribution in [0.15, 0.2) is 84.9 Å². The molecule has 0 spiro atoms. The zero-order valence-electron chi connectivity index (χ0n) is 17.7. The number of aromatic amines is 1. The lowest BCUT2D eigenvalue weighted by Gasteiger charge is -2.13. The summed E-state index contributed by atoms with van der Waals surface area (Å²) >= 11 is 0. The molecule has 5 rings (SSSR count). The van der Waals surface area contributed by atoms with Gasteiger partial charge in [0.05, 0.1) is 17.3 Å². The predicted octanol–water partition coefficient (Wildman–Crippen LogP) is 5.15. The van der Waals surface area contributed by atoms with Crippen LogP contribution >= 0.6 is 0 Å². The zero-order valence-corrected chi connectivity index (χ0v) is 17.7. The van der Waals surface area contributed by atoms with Gasteiger partial charge in [-0.25, -0.2) is 4.98 Å². The van der Waals surface area contributed by atoms with Crippen molar-refractivity contribution in [3.63, 3.8) is 0 Å². The van der Waals surface area contributed by atoms with Crippen molar-refractivity contribution in [1.82, 2.24) is 15.3 Å². The lowest BCUT2D eigenvalue weighted by atomic mass is 10.0. The van der Waals surface area contributed by atoms with Crippen molar-refractivity contribution in [2.75, 3.05) is 6.54 Å². The van der Waals surface area contributed by atoms with E-state index in [4.69, 9.17) is 4.98 Å². The van der Waals surface area contributed by atoms with Gasteiger partial charge in [0.1, 0.15) is 5.69 Å². The van der Waals surface area contributed by atoms with Crippen LogP contribution in [-0.4, -0.2) is 27.5 Å². The Hall–Kier alpha value is -3.96. The van der Waals surface area contributed by atoms with Crippen molar-refractivity contribution in [1.29, 1.82) is 0 Å². The van der Waals surface area contributed by atoms with Crippen molar-refractivity contribution >= 4 is 27.7 Å². The second kappa shape index (κ2) is 8.29. The molecular weight excluding hydrogens is 398 g/mol. The number of aliphatic hydroxyl groups is 1. The number of nitrogens with one attached hydrogen (secondary N) is 2. The number of pyridine rings is 1. The third-order valence-electron chi connectivity index (χ3n) is 5.77. The Labute approximate surface area is 185 Å². The van der Waals surface area contributed by atoms with E-state index in [1.165, 1.54) is 0 Å². The summed E-state index contributed by atoms with van der Waals surface area (Å²) in [5.74, 6) is -0.318. The number of aliphatic hydroxyl groups excluding tert-OH is 1. The third kappa shape index (κ3) is 3.63. The molecule has 2 heterocycles. The number of aryl methyl sites for hydroxylation is 1. The number of benzene rings is 3. The van der Waals surface area contributed by atoms with Crippen molar-refractivity contribution in [3.8, 4) is 11.3 Å². The highest BCUT2D eigenvalue weighted by molar-refractivity contribution is 6.13. The van der Waals surface area contributed by atoms with Gasteiger partial charge in [-0.15, -0.1) is 0 Å². The molecule has 0 aliphatic heterocycles. The second-order valence-corrected chi connectivity index (χ2v) is 7.90. The summed E-state index contributed by atoms with van der Waals surface area (Å²) in [5, 5.41) is 15.2. The van der Waals surface area contributed by atoms with Crippen molar-refractivity contribution in [2.45, 2.75) is 13.0 Å². The van der Waals surface area contributed by atoms with Crippen LogP contribution in [0.2, 0.25) is 0 Å². The number of amides is 1. The number of hydrogen-bond acceptors (Lipinski definition) is 3. The van der Waals surface area contributed by atoms with Gasteiger partial charge >= 0.3 is 0 Å². The highest BCUT2D eigenvalue weighted by atomic mass is 16.3. The quantitative estimate of drug-likeness (QED) is 0.367. The monoisotopic (exact) mass is 421 g/mol. The molecule has 5 nitrogen and oxygen atoms in total. The second-order valence-electron chi connectivity index (χ2n) is 7.90. The fraction of sp³-hybridized carbons (Fsp3) is 0.111. The van der Waals surface area contributed by atoms with Gasteiger partial charge < -0.3 is 15.4 Å². The minimum atomic E-state index is -0.784. The Morgan fingerprint density at radius 1 is 0.969 bits per heavy atom. The first-order valence-electron chi connectivity index (χ1n) is 10.6. The first-order chi connectivity index (χ1) is 15.6. The molecule has 2 aromatic heterocycles. The van der Waals surface area contributed by atoms with Crippen molar-refractivity contribution < 1.29 is 9.90 Å². The van der Waals surface area contributed by atoms with Crippen LogP contribution in [-0.2, 0) is 0 Å². The van der Waals surface area contributed by atoms with Gasteiger partial charge in [0.2, 0.25) is 0 Å². The summed E-state index contributed by atoms with van der Waals surface area (Å²) < 4.78 is 0. The Kier molecular flexibility index (Phi) is 5.17. The number of rotatable bonds is 5. The number of nitrogens with zero attached hydrogens (tertiary/aromatic N) is 1. The number of para-hydroxylation sites is 1.